The Kier molecular flexibility index (Phi) is 3.21. The molecule has 0 radical (unpaired) electrons. The summed E-state index contributed by atoms with van der Waals surface area (Å²) in [5, 5.41) is 6.29. The van der Waals surface area contributed by atoms with Crippen LogP contribution in [0.15, 0.2) is 24.3 Å². The number of rotatable bonds is 3. The molecular formula is C16H22N2O. The van der Waals surface area contributed by atoms with E-state index in [1.165, 1.54) is 24.0 Å². The van der Waals surface area contributed by atoms with Crippen LogP contribution in [0.2, 0.25) is 0 Å². The number of nitrogens with one attached hydrogen (secondary N) is 2. The predicted octanol–water partition coefficient (Wildman–Crippen LogP) is 3.23. The van der Waals surface area contributed by atoms with E-state index in [1.807, 2.05) is 0 Å². The smallest absolute Gasteiger partial charge is 0.315 e. The minimum absolute atomic E-state index is 0.00461. The number of hydrogen-bond donors (Lipinski definition) is 2. The zero-order valence-corrected chi connectivity index (χ0v) is 11.5. The fraction of sp³-hybridized carbons (Fsp3) is 0.562. The lowest BCUT2D eigenvalue weighted by Crippen LogP contribution is -2.45. The van der Waals surface area contributed by atoms with Gasteiger partial charge in [0.2, 0.25) is 0 Å². The van der Waals surface area contributed by atoms with Crippen LogP contribution >= 0.6 is 0 Å². The van der Waals surface area contributed by atoms with Crippen LogP contribution in [0.25, 0.3) is 0 Å². The summed E-state index contributed by atoms with van der Waals surface area (Å²) in [6, 6.07) is 8.90. The highest BCUT2D eigenvalue weighted by Gasteiger charge is 2.45. The molecule has 2 aliphatic carbocycles. The standard InChI is InChI=1S/C16H22N2O/c1-12-6-8-13(9-7-12)16(10-11-16)18-15(19)17-14-4-2-3-5-14/h6-9,14H,2-5,10-11H2,1H3,(H2,17,18,19). The predicted molar refractivity (Wildman–Crippen MR) is 76.0 cm³/mol. The molecule has 2 amide bonds. The van der Waals surface area contributed by atoms with Gasteiger partial charge < -0.3 is 10.6 Å². The highest BCUT2D eigenvalue weighted by atomic mass is 16.2. The second-order valence-corrected chi connectivity index (χ2v) is 6.03. The number of urea groups is 1. The Morgan fingerprint density at radius 2 is 1.79 bits per heavy atom. The van der Waals surface area contributed by atoms with Crippen LogP contribution in [0.5, 0.6) is 0 Å². The van der Waals surface area contributed by atoms with Crippen molar-refractivity contribution in [1.29, 1.82) is 0 Å². The summed E-state index contributed by atoms with van der Waals surface area (Å²) in [5.41, 5.74) is 2.39. The van der Waals surface area contributed by atoms with Crippen molar-refractivity contribution in [3.63, 3.8) is 0 Å². The third kappa shape index (κ3) is 2.75. The molecule has 0 heterocycles. The number of benzene rings is 1. The maximum absolute atomic E-state index is 12.1. The maximum Gasteiger partial charge on any atom is 0.315 e. The first kappa shape index (κ1) is 12.5. The molecule has 1 aromatic rings. The molecule has 2 saturated carbocycles. The van der Waals surface area contributed by atoms with Gasteiger partial charge in [-0.15, -0.1) is 0 Å². The average Bonchev–Trinajstić information content (AvgIpc) is 2.98. The lowest BCUT2D eigenvalue weighted by molar-refractivity contribution is 0.232. The first-order chi connectivity index (χ1) is 9.18. The topological polar surface area (TPSA) is 41.1 Å². The van der Waals surface area contributed by atoms with Crippen molar-refractivity contribution in [2.45, 2.75) is 57.0 Å². The van der Waals surface area contributed by atoms with Crippen LogP contribution in [-0.4, -0.2) is 12.1 Å². The molecule has 3 nitrogen and oxygen atoms in total. The van der Waals surface area contributed by atoms with Crippen molar-refractivity contribution in [3.05, 3.63) is 35.4 Å². The van der Waals surface area contributed by atoms with Gasteiger partial charge in [0.15, 0.2) is 0 Å². The maximum atomic E-state index is 12.1. The van der Waals surface area contributed by atoms with Gasteiger partial charge in [-0.2, -0.15) is 0 Å². The van der Waals surface area contributed by atoms with Gasteiger partial charge in [-0.3, -0.25) is 0 Å². The number of hydrogen-bond acceptors (Lipinski definition) is 1. The number of carbonyl (C=O) groups excluding carboxylic acids is 1. The Morgan fingerprint density at radius 3 is 2.37 bits per heavy atom. The Hall–Kier alpha value is -1.51. The summed E-state index contributed by atoms with van der Waals surface area (Å²) in [7, 11) is 0. The van der Waals surface area contributed by atoms with Crippen molar-refractivity contribution >= 4 is 6.03 Å². The fourth-order valence-electron chi connectivity index (χ4n) is 2.99. The van der Waals surface area contributed by atoms with Crippen LogP contribution in [0.3, 0.4) is 0 Å². The molecule has 102 valence electrons. The molecule has 19 heavy (non-hydrogen) atoms. The zero-order chi connectivity index (χ0) is 13.3. The summed E-state index contributed by atoms with van der Waals surface area (Å²) < 4.78 is 0. The van der Waals surface area contributed by atoms with Crippen LogP contribution in [0.4, 0.5) is 4.79 Å². The second kappa shape index (κ2) is 4.87. The van der Waals surface area contributed by atoms with Crippen molar-refractivity contribution in [3.8, 4) is 0 Å². The molecule has 0 atom stereocenters. The van der Waals surface area contributed by atoms with Crippen LogP contribution in [0, 0.1) is 6.92 Å². The van der Waals surface area contributed by atoms with E-state index in [1.54, 1.807) is 0 Å². The molecule has 1 aromatic carbocycles. The first-order valence-electron chi connectivity index (χ1n) is 7.34. The Balaban J connectivity index is 1.61. The Labute approximate surface area is 114 Å². The molecule has 0 bridgehead atoms. The molecular weight excluding hydrogens is 236 g/mol. The number of amides is 2. The van der Waals surface area contributed by atoms with Gasteiger partial charge >= 0.3 is 6.03 Å². The van der Waals surface area contributed by atoms with Gasteiger partial charge in [-0.25, -0.2) is 4.79 Å². The van der Waals surface area contributed by atoms with E-state index in [2.05, 4.69) is 41.8 Å². The Morgan fingerprint density at radius 1 is 1.16 bits per heavy atom. The summed E-state index contributed by atoms with van der Waals surface area (Å²) >= 11 is 0. The SMILES string of the molecule is Cc1ccc(C2(NC(=O)NC3CCCC3)CC2)cc1. The molecule has 0 saturated heterocycles. The number of aryl methyl sites for hydroxylation is 1. The molecule has 0 spiro atoms. The molecule has 0 aliphatic heterocycles. The number of carbonyl (C=O) groups is 1. The van der Waals surface area contributed by atoms with Gasteiger partial charge in [0.25, 0.3) is 0 Å². The zero-order valence-electron chi connectivity index (χ0n) is 11.5. The van der Waals surface area contributed by atoms with Gasteiger partial charge in [0.05, 0.1) is 5.54 Å². The van der Waals surface area contributed by atoms with E-state index in [-0.39, 0.29) is 11.6 Å². The molecule has 2 fully saturated rings. The van der Waals surface area contributed by atoms with E-state index in [0.29, 0.717) is 6.04 Å². The van der Waals surface area contributed by atoms with Crippen molar-refractivity contribution in [2.75, 3.05) is 0 Å². The quantitative estimate of drug-likeness (QED) is 0.858. The third-order valence-electron chi connectivity index (χ3n) is 4.40. The monoisotopic (exact) mass is 258 g/mol. The molecule has 0 unspecified atom stereocenters. The minimum Gasteiger partial charge on any atom is -0.335 e. The highest BCUT2D eigenvalue weighted by Crippen LogP contribution is 2.45. The van der Waals surface area contributed by atoms with Gasteiger partial charge in [0, 0.05) is 6.04 Å². The summed E-state index contributed by atoms with van der Waals surface area (Å²) in [6.45, 7) is 2.09. The summed E-state index contributed by atoms with van der Waals surface area (Å²) in [5.74, 6) is 0. The average molecular weight is 258 g/mol. The van der Waals surface area contributed by atoms with E-state index >= 15 is 0 Å². The van der Waals surface area contributed by atoms with Crippen molar-refractivity contribution in [2.24, 2.45) is 0 Å². The molecule has 2 aliphatic rings. The molecule has 3 heteroatoms. The largest absolute Gasteiger partial charge is 0.335 e. The summed E-state index contributed by atoms with van der Waals surface area (Å²) in [6.07, 6.45) is 6.85. The van der Waals surface area contributed by atoms with Crippen LogP contribution in [0.1, 0.15) is 49.7 Å². The normalized spacial score (nSPS) is 21.1. The van der Waals surface area contributed by atoms with E-state index < -0.39 is 0 Å². The van der Waals surface area contributed by atoms with E-state index in [4.69, 9.17) is 0 Å². The Bertz CT molecular complexity index is 456. The first-order valence-corrected chi connectivity index (χ1v) is 7.34. The molecule has 2 N–H and O–H groups in total. The fourth-order valence-corrected chi connectivity index (χ4v) is 2.99. The molecule has 3 rings (SSSR count). The second-order valence-electron chi connectivity index (χ2n) is 6.03. The summed E-state index contributed by atoms with van der Waals surface area (Å²) in [4.78, 5) is 12.1. The molecule has 0 aromatic heterocycles. The van der Waals surface area contributed by atoms with E-state index in [9.17, 15) is 4.79 Å². The highest BCUT2D eigenvalue weighted by molar-refractivity contribution is 5.76. The van der Waals surface area contributed by atoms with Crippen LogP contribution in [-0.2, 0) is 5.54 Å². The minimum atomic E-state index is -0.101. The lowest BCUT2D eigenvalue weighted by atomic mass is 10.0. The van der Waals surface area contributed by atoms with Gasteiger partial charge in [-0.05, 0) is 38.2 Å². The lowest BCUT2D eigenvalue weighted by Gasteiger charge is -2.20. The van der Waals surface area contributed by atoms with E-state index in [0.717, 1.165) is 25.7 Å². The van der Waals surface area contributed by atoms with Gasteiger partial charge in [-0.1, -0.05) is 42.7 Å². The van der Waals surface area contributed by atoms with Crippen molar-refractivity contribution < 1.29 is 4.79 Å². The third-order valence-corrected chi connectivity index (χ3v) is 4.40. The van der Waals surface area contributed by atoms with Crippen LogP contribution < -0.4 is 10.6 Å². The van der Waals surface area contributed by atoms with Crippen molar-refractivity contribution in [1.82, 2.24) is 10.6 Å². The van der Waals surface area contributed by atoms with Gasteiger partial charge in [0.1, 0.15) is 0 Å².